The van der Waals surface area contributed by atoms with Gasteiger partial charge < -0.3 is 9.47 Å². The van der Waals surface area contributed by atoms with Crippen LogP contribution in [0.1, 0.15) is 25.5 Å². The number of carbonyl (C=O) groups is 1. The molecule has 156 valence electrons. The number of anilines is 1. The molecule has 4 rings (SSSR count). The highest BCUT2D eigenvalue weighted by atomic mass is 32.2. The summed E-state index contributed by atoms with van der Waals surface area (Å²) in [5.74, 6) is 0.410. The molecule has 3 aromatic rings. The first-order chi connectivity index (χ1) is 14.5. The Hall–Kier alpha value is -3.17. The zero-order valence-electron chi connectivity index (χ0n) is 16.1. The lowest BCUT2D eigenvalue weighted by Crippen LogP contribution is -2.18. The number of nitrogens with zero attached hydrogens (tertiary/aromatic N) is 2. The van der Waals surface area contributed by atoms with Gasteiger partial charge in [0, 0.05) is 18.5 Å². The molecule has 1 amide bonds. The van der Waals surface area contributed by atoms with Gasteiger partial charge in [-0.3, -0.25) is 5.32 Å². The molecule has 0 saturated carbocycles. The van der Waals surface area contributed by atoms with Crippen LogP contribution in [0.25, 0.3) is 0 Å². The van der Waals surface area contributed by atoms with Crippen LogP contribution in [0, 0.1) is 0 Å². The Morgan fingerprint density at radius 3 is 2.53 bits per heavy atom. The van der Waals surface area contributed by atoms with E-state index in [4.69, 9.17) is 9.47 Å². The maximum Gasteiger partial charge on any atom is 0.417 e. The monoisotopic (exact) mass is 427 g/mol. The lowest BCUT2D eigenvalue weighted by molar-refractivity contribution is -0.0396. The Kier molecular flexibility index (Phi) is 5.82. The van der Waals surface area contributed by atoms with Crippen LogP contribution in [0.15, 0.2) is 76.8 Å². The van der Waals surface area contributed by atoms with Gasteiger partial charge in [-0.15, -0.1) is 0 Å². The molecule has 1 unspecified atom stereocenters. The summed E-state index contributed by atoms with van der Waals surface area (Å²) >= 11 is 0. The zero-order chi connectivity index (χ0) is 21.0. The summed E-state index contributed by atoms with van der Waals surface area (Å²) < 4.78 is 38.2. The number of hydrogen-bond donors (Lipinski definition) is 1. The maximum atomic E-state index is 12.9. The fraction of sp³-hybridized carbons (Fsp3) is 0.238. The third kappa shape index (κ3) is 4.52. The highest BCUT2D eigenvalue weighted by Crippen LogP contribution is 2.26. The van der Waals surface area contributed by atoms with E-state index < -0.39 is 15.9 Å². The standard InChI is InChI=1S/C21H21N3O5S/c25-21(29-17-6-2-1-3-7-17)23-16-9-11-18(12-10-16)30(26,27)19-14-22-24(15-19)20-8-4-5-13-28-20/h1-3,6-7,9-12,14-15,20H,4-5,8,13H2,(H,23,25). The van der Waals surface area contributed by atoms with Crippen LogP contribution in [0.3, 0.4) is 0 Å². The van der Waals surface area contributed by atoms with Crippen LogP contribution < -0.4 is 10.1 Å². The number of para-hydroxylation sites is 1. The first-order valence-electron chi connectivity index (χ1n) is 9.57. The Morgan fingerprint density at radius 1 is 1.07 bits per heavy atom. The molecule has 1 aliphatic heterocycles. The average Bonchev–Trinajstić information content (AvgIpc) is 3.27. The predicted molar refractivity (Wildman–Crippen MR) is 109 cm³/mol. The Labute approximate surface area is 174 Å². The van der Waals surface area contributed by atoms with Crippen molar-refractivity contribution in [2.75, 3.05) is 11.9 Å². The Balaban J connectivity index is 1.44. The van der Waals surface area contributed by atoms with Gasteiger partial charge in [-0.25, -0.2) is 17.9 Å². The van der Waals surface area contributed by atoms with Crippen molar-refractivity contribution in [3.8, 4) is 5.75 Å². The van der Waals surface area contributed by atoms with E-state index in [9.17, 15) is 13.2 Å². The van der Waals surface area contributed by atoms with Crippen LogP contribution in [0.4, 0.5) is 10.5 Å². The smallest absolute Gasteiger partial charge is 0.410 e. The third-order valence-electron chi connectivity index (χ3n) is 4.70. The van der Waals surface area contributed by atoms with Crippen molar-refractivity contribution in [3.63, 3.8) is 0 Å². The quantitative estimate of drug-likeness (QED) is 0.660. The topological polar surface area (TPSA) is 99.5 Å². The predicted octanol–water partition coefficient (Wildman–Crippen LogP) is 4.03. The van der Waals surface area contributed by atoms with E-state index in [1.54, 1.807) is 28.9 Å². The summed E-state index contributed by atoms with van der Waals surface area (Å²) in [7, 11) is -3.73. The molecule has 1 N–H and O–H groups in total. The van der Waals surface area contributed by atoms with Crippen molar-refractivity contribution < 1.29 is 22.7 Å². The van der Waals surface area contributed by atoms with E-state index in [0.29, 0.717) is 18.0 Å². The zero-order valence-corrected chi connectivity index (χ0v) is 16.9. The van der Waals surface area contributed by atoms with E-state index in [1.165, 1.54) is 36.7 Å². The summed E-state index contributed by atoms with van der Waals surface area (Å²) in [4.78, 5) is 12.2. The minimum absolute atomic E-state index is 0.0980. The first kappa shape index (κ1) is 20.1. The van der Waals surface area contributed by atoms with Gasteiger partial charge in [0.15, 0.2) is 0 Å². The van der Waals surface area contributed by atoms with Crippen molar-refractivity contribution in [2.45, 2.75) is 35.3 Å². The molecular formula is C21H21N3O5S. The number of aromatic nitrogens is 2. The lowest BCUT2D eigenvalue weighted by atomic mass is 10.2. The second-order valence-electron chi connectivity index (χ2n) is 6.83. The van der Waals surface area contributed by atoms with Crippen LogP contribution in [0.2, 0.25) is 0 Å². The SMILES string of the molecule is O=C(Nc1ccc(S(=O)(=O)c2cnn(C3CCCCO3)c2)cc1)Oc1ccccc1. The average molecular weight is 427 g/mol. The number of rotatable bonds is 5. The van der Waals surface area contributed by atoms with Gasteiger partial charge in [-0.05, 0) is 55.7 Å². The number of ether oxygens (including phenoxy) is 2. The van der Waals surface area contributed by atoms with Gasteiger partial charge in [-0.2, -0.15) is 5.10 Å². The number of benzene rings is 2. The van der Waals surface area contributed by atoms with E-state index in [0.717, 1.165) is 19.3 Å². The van der Waals surface area contributed by atoms with Crippen molar-refractivity contribution >= 4 is 21.6 Å². The van der Waals surface area contributed by atoms with Crippen molar-refractivity contribution in [1.29, 1.82) is 0 Å². The molecule has 0 aliphatic carbocycles. The van der Waals surface area contributed by atoms with Crippen LogP contribution in [-0.4, -0.2) is 30.9 Å². The highest BCUT2D eigenvalue weighted by molar-refractivity contribution is 7.91. The Bertz CT molecular complexity index is 1110. The summed E-state index contributed by atoms with van der Waals surface area (Å²) in [6.07, 6.45) is 4.76. The maximum absolute atomic E-state index is 12.9. The van der Waals surface area contributed by atoms with Crippen LogP contribution >= 0.6 is 0 Å². The molecule has 9 heteroatoms. The highest BCUT2D eigenvalue weighted by Gasteiger charge is 2.23. The molecule has 0 spiro atoms. The molecule has 1 aliphatic rings. The van der Waals surface area contributed by atoms with Crippen molar-refractivity contribution in [3.05, 3.63) is 67.0 Å². The number of hydrogen-bond acceptors (Lipinski definition) is 6. The molecule has 1 atom stereocenters. The van der Waals surface area contributed by atoms with E-state index >= 15 is 0 Å². The summed E-state index contributed by atoms with van der Waals surface area (Å²) in [5, 5.41) is 6.73. The minimum atomic E-state index is -3.73. The number of amides is 1. The lowest BCUT2D eigenvalue weighted by Gasteiger charge is -2.22. The molecule has 1 saturated heterocycles. The second-order valence-corrected chi connectivity index (χ2v) is 8.78. The minimum Gasteiger partial charge on any atom is -0.410 e. The summed E-state index contributed by atoms with van der Waals surface area (Å²) in [5.41, 5.74) is 0.418. The Morgan fingerprint density at radius 2 is 1.83 bits per heavy atom. The summed E-state index contributed by atoms with van der Waals surface area (Å²) in [6, 6.07) is 14.5. The third-order valence-corrected chi connectivity index (χ3v) is 6.43. The number of carbonyl (C=O) groups excluding carboxylic acids is 1. The molecule has 2 heterocycles. The van der Waals surface area contributed by atoms with E-state index in [-0.39, 0.29) is 16.0 Å². The second kappa shape index (κ2) is 8.68. The van der Waals surface area contributed by atoms with E-state index in [1.807, 2.05) is 6.07 Å². The molecule has 8 nitrogen and oxygen atoms in total. The summed E-state index contributed by atoms with van der Waals surface area (Å²) in [6.45, 7) is 0.647. The number of nitrogens with one attached hydrogen (secondary N) is 1. The van der Waals surface area contributed by atoms with Crippen molar-refractivity contribution in [2.24, 2.45) is 0 Å². The molecule has 1 aromatic heterocycles. The van der Waals surface area contributed by atoms with Gasteiger partial charge in [0.2, 0.25) is 9.84 Å². The molecule has 0 bridgehead atoms. The molecular weight excluding hydrogens is 406 g/mol. The molecule has 2 aromatic carbocycles. The van der Waals surface area contributed by atoms with Gasteiger partial charge in [-0.1, -0.05) is 18.2 Å². The molecule has 30 heavy (non-hydrogen) atoms. The van der Waals surface area contributed by atoms with E-state index in [2.05, 4.69) is 10.4 Å². The van der Waals surface area contributed by atoms with Crippen molar-refractivity contribution in [1.82, 2.24) is 9.78 Å². The normalized spacial score (nSPS) is 16.7. The fourth-order valence-electron chi connectivity index (χ4n) is 3.14. The number of sulfone groups is 1. The van der Waals surface area contributed by atoms with Crippen LogP contribution in [-0.2, 0) is 14.6 Å². The van der Waals surface area contributed by atoms with Gasteiger partial charge in [0.25, 0.3) is 0 Å². The molecule has 0 radical (unpaired) electrons. The van der Waals surface area contributed by atoms with Gasteiger partial charge >= 0.3 is 6.09 Å². The van der Waals surface area contributed by atoms with Gasteiger partial charge in [0.05, 0.1) is 11.1 Å². The first-order valence-corrected chi connectivity index (χ1v) is 11.1. The fourth-order valence-corrected chi connectivity index (χ4v) is 4.34. The van der Waals surface area contributed by atoms with Gasteiger partial charge in [0.1, 0.15) is 16.9 Å². The van der Waals surface area contributed by atoms with Crippen LogP contribution in [0.5, 0.6) is 5.75 Å². The largest absolute Gasteiger partial charge is 0.417 e. The molecule has 1 fully saturated rings.